The van der Waals surface area contributed by atoms with Crippen LogP contribution in [0.5, 0.6) is 11.5 Å². The summed E-state index contributed by atoms with van der Waals surface area (Å²) in [6.07, 6.45) is 0. The molecule has 0 atom stereocenters. The number of fused-ring (bicyclic) bond motifs is 1. The third kappa shape index (κ3) is 4.54. The third-order valence-corrected chi connectivity index (χ3v) is 5.68. The van der Waals surface area contributed by atoms with Crippen molar-refractivity contribution < 1.29 is 14.3 Å². The number of hydrogen-bond acceptors (Lipinski definition) is 4. The molecule has 0 saturated heterocycles. The van der Waals surface area contributed by atoms with Gasteiger partial charge >= 0.3 is 0 Å². The Balaban J connectivity index is 1.59. The molecule has 0 saturated carbocycles. The van der Waals surface area contributed by atoms with Crippen molar-refractivity contribution in [2.45, 2.75) is 11.4 Å². The van der Waals surface area contributed by atoms with Crippen LogP contribution in [0, 0.1) is 0 Å². The van der Waals surface area contributed by atoms with Crippen molar-refractivity contribution >= 4 is 40.9 Å². The van der Waals surface area contributed by atoms with Crippen LogP contribution >= 0.6 is 35.0 Å². The Labute approximate surface area is 161 Å². The highest BCUT2D eigenvalue weighted by Gasteiger charge is 2.15. The van der Waals surface area contributed by atoms with Crippen LogP contribution in [0.1, 0.15) is 5.56 Å². The second-order valence-electron chi connectivity index (χ2n) is 5.57. The molecule has 4 nitrogen and oxygen atoms in total. The molecule has 0 radical (unpaired) electrons. The van der Waals surface area contributed by atoms with Crippen molar-refractivity contribution in [3.8, 4) is 11.5 Å². The van der Waals surface area contributed by atoms with Gasteiger partial charge in [-0.2, -0.15) is 0 Å². The molecule has 0 spiro atoms. The lowest BCUT2D eigenvalue weighted by Crippen LogP contribution is -2.28. The molecule has 1 amide bonds. The van der Waals surface area contributed by atoms with E-state index in [0.717, 1.165) is 22.0 Å². The normalized spacial score (nSPS) is 12.8. The first-order valence-corrected chi connectivity index (χ1v) is 9.48. The quantitative estimate of drug-likeness (QED) is 0.695. The number of rotatable bonds is 5. The van der Waals surface area contributed by atoms with Crippen molar-refractivity contribution in [1.29, 1.82) is 0 Å². The highest BCUT2D eigenvalue weighted by molar-refractivity contribution is 8.00. The Morgan fingerprint density at radius 3 is 2.52 bits per heavy atom. The van der Waals surface area contributed by atoms with Crippen molar-refractivity contribution in [2.75, 3.05) is 26.0 Å². The number of carbonyl (C=O) groups is 1. The summed E-state index contributed by atoms with van der Waals surface area (Å²) in [6.45, 7) is 1.60. The number of halogens is 2. The van der Waals surface area contributed by atoms with Crippen LogP contribution in [0.3, 0.4) is 0 Å². The summed E-state index contributed by atoms with van der Waals surface area (Å²) >= 11 is 13.6. The van der Waals surface area contributed by atoms with E-state index in [4.69, 9.17) is 32.7 Å². The molecule has 132 valence electrons. The maximum absolute atomic E-state index is 12.4. The summed E-state index contributed by atoms with van der Waals surface area (Å²) in [7, 11) is 1.77. The van der Waals surface area contributed by atoms with E-state index < -0.39 is 0 Å². The molecule has 25 heavy (non-hydrogen) atoms. The van der Waals surface area contributed by atoms with E-state index in [2.05, 4.69) is 0 Å². The third-order valence-electron chi connectivity index (χ3n) is 3.71. The van der Waals surface area contributed by atoms with Gasteiger partial charge in [0.1, 0.15) is 13.2 Å². The molecular formula is C18H17Cl2NO3S. The summed E-state index contributed by atoms with van der Waals surface area (Å²) in [5, 5.41) is 1.11. The van der Waals surface area contributed by atoms with E-state index in [-0.39, 0.29) is 11.7 Å². The largest absolute Gasteiger partial charge is 0.486 e. The SMILES string of the molecule is CN(Cc1ccc2c(c1)OCCO2)C(=O)CSc1c(Cl)cccc1Cl. The van der Waals surface area contributed by atoms with E-state index in [0.29, 0.717) is 29.8 Å². The van der Waals surface area contributed by atoms with Gasteiger partial charge in [0, 0.05) is 18.5 Å². The summed E-state index contributed by atoms with van der Waals surface area (Å²) in [5.41, 5.74) is 0.987. The summed E-state index contributed by atoms with van der Waals surface area (Å²) < 4.78 is 11.1. The van der Waals surface area contributed by atoms with Crippen LogP contribution in [0.2, 0.25) is 10.0 Å². The van der Waals surface area contributed by atoms with E-state index in [1.165, 1.54) is 11.8 Å². The van der Waals surface area contributed by atoms with Crippen molar-refractivity contribution in [1.82, 2.24) is 4.90 Å². The molecule has 0 bridgehead atoms. The molecule has 1 heterocycles. The van der Waals surface area contributed by atoms with Gasteiger partial charge < -0.3 is 14.4 Å². The predicted molar refractivity (Wildman–Crippen MR) is 101 cm³/mol. The maximum Gasteiger partial charge on any atom is 0.232 e. The topological polar surface area (TPSA) is 38.8 Å². The molecular weight excluding hydrogens is 381 g/mol. The molecule has 2 aromatic rings. The molecule has 2 aromatic carbocycles. The first kappa shape index (κ1) is 18.2. The first-order valence-electron chi connectivity index (χ1n) is 7.74. The number of benzene rings is 2. The van der Waals surface area contributed by atoms with Gasteiger partial charge in [0.25, 0.3) is 0 Å². The Bertz CT molecular complexity index is 765. The van der Waals surface area contributed by atoms with Gasteiger partial charge in [-0.3, -0.25) is 4.79 Å². The molecule has 0 N–H and O–H groups in total. The molecule has 0 aromatic heterocycles. The second kappa shape index (κ2) is 8.21. The zero-order valence-electron chi connectivity index (χ0n) is 13.6. The van der Waals surface area contributed by atoms with E-state index >= 15 is 0 Å². The summed E-state index contributed by atoms with van der Waals surface area (Å²) in [4.78, 5) is 14.8. The van der Waals surface area contributed by atoms with Gasteiger partial charge in [0.2, 0.25) is 5.91 Å². The van der Waals surface area contributed by atoms with Gasteiger partial charge in [0.05, 0.1) is 15.8 Å². The van der Waals surface area contributed by atoms with Crippen molar-refractivity contribution in [2.24, 2.45) is 0 Å². The minimum Gasteiger partial charge on any atom is -0.486 e. The number of ether oxygens (including phenoxy) is 2. The van der Waals surface area contributed by atoms with Gasteiger partial charge in [-0.05, 0) is 29.8 Å². The maximum atomic E-state index is 12.4. The highest BCUT2D eigenvalue weighted by atomic mass is 35.5. The first-order chi connectivity index (χ1) is 12.0. The standard InChI is InChI=1S/C18H17Cl2NO3S/c1-21(10-12-5-6-15-16(9-12)24-8-7-23-15)17(22)11-25-18-13(19)3-2-4-14(18)20/h2-6,9H,7-8,10-11H2,1H3. The Kier molecular flexibility index (Phi) is 5.99. The molecule has 0 fully saturated rings. The smallest absolute Gasteiger partial charge is 0.232 e. The van der Waals surface area contributed by atoms with E-state index in [1.54, 1.807) is 30.1 Å². The second-order valence-corrected chi connectivity index (χ2v) is 7.37. The Morgan fingerprint density at radius 2 is 1.80 bits per heavy atom. The molecule has 1 aliphatic rings. The van der Waals surface area contributed by atoms with Crippen LogP contribution in [-0.4, -0.2) is 36.8 Å². The fraction of sp³-hybridized carbons (Fsp3) is 0.278. The summed E-state index contributed by atoms with van der Waals surface area (Å²) in [5.74, 6) is 1.73. The fourth-order valence-corrected chi connectivity index (χ4v) is 4.04. The number of thioether (sulfide) groups is 1. The number of hydrogen-bond donors (Lipinski definition) is 0. The number of nitrogens with zero attached hydrogens (tertiary/aromatic N) is 1. The van der Waals surface area contributed by atoms with Gasteiger partial charge in [-0.25, -0.2) is 0 Å². The van der Waals surface area contributed by atoms with Crippen LogP contribution in [0.25, 0.3) is 0 Å². The van der Waals surface area contributed by atoms with Gasteiger partial charge in [0.15, 0.2) is 11.5 Å². The molecule has 7 heteroatoms. The number of carbonyl (C=O) groups excluding carboxylic acids is 1. The Morgan fingerprint density at radius 1 is 1.12 bits per heavy atom. The van der Waals surface area contributed by atoms with Crippen molar-refractivity contribution in [3.05, 3.63) is 52.0 Å². The van der Waals surface area contributed by atoms with Crippen LogP contribution < -0.4 is 9.47 Å². The minimum absolute atomic E-state index is 0.00382. The molecule has 1 aliphatic heterocycles. The predicted octanol–water partition coefficient (Wildman–Crippen LogP) is 4.52. The summed E-state index contributed by atoms with van der Waals surface area (Å²) in [6, 6.07) is 11.0. The minimum atomic E-state index is -0.00382. The average Bonchev–Trinajstić information content (AvgIpc) is 2.61. The zero-order valence-corrected chi connectivity index (χ0v) is 16.0. The molecule has 3 rings (SSSR count). The fourth-order valence-electron chi connectivity index (χ4n) is 2.41. The monoisotopic (exact) mass is 397 g/mol. The highest BCUT2D eigenvalue weighted by Crippen LogP contribution is 2.34. The molecule has 0 unspecified atom stereocenters. The lowest BCUT2D eigenvalue weighted by molar-refractivity contribution is -0.127. The average molecular weight is 398 g/mol. The van der Waals surface area contributed by atoms with E-state index in [1.807, 2.05) is 18.2 Å². The Hall–Kier alpha value is -1.56. The van der Waals surface area contributed by atoms with Crippen LogP contribution in [-0.2, 0) is 11.3 Å². The lowest BCUT2D eigenvalue weighted by atomic mass is 10.2. The van der Waals surface area contributed by atoms with Crippen LogP contribution in [0.15, 0.2) is 41.3 Å². The van der Waals surface area contributed by atoms with Crippen molar-refractivity contribution in [3.63, 3.8) is 0 Å². The molecule has 0 aliphatic carbocycles. The van der Waals surface area contributed by atoms with Crippen LogP contribution in [0.4, 0.5) is 0 Å². The lowest BCUT2D eigenvalue weighted by Gasteiger charge is -2.21. The zero-order chi connectivity index (χ0) is 17.8. The number of amides is 1. The van der Waals surface area contributed by atoms with Gasteiger partial charge in [-0.1, -0.05) is 35.3 Å². The van der Waals surface area contributed by atoms with Gasteiger partial charge in [-0.15, -0.1) is 11.8 Å². The van der Waals surface area contributed by atoms with E-state index in [9.17, 15) is 4.79 Å².